The van der Waals surface area contributed by atoms with Crippen molar-refractivity contribution in [3.05, 3.63) is 40.3 Å². The maximum Gasteiger partial charge on any atom is 0.313 e. The molecule has 0 unspecified atom stereocenters. The van der Waals surface area contributed by atoms with Gasteiger partial charge in [-0.25, -0.2) is 9.97 Å². The van der Waals surface area contributed by atoms with Crippen LogP contribution in [0.25, 0.3) is 11.3 Å². The molecule has 0 amide bonds. The number of aryl methyl sites for hydroxylation is 1. The second-order valence-electron chi connectivity index (χ2n) is 3.91. The van der Waals surface area contributed by atoms with Gasteiger partial charge in [-0.05, 0) is 25.5 Å². The number of rotatable bonds is 4. The fraction of sp³-hybridized carbons (Fsp3) is 0.250. The van der Waals surface area contributed by atoms with Crippen LogP contribution in [-0.2, 0) is 0 Å². The first-order chi connectivity index (χ1) is 9.13. The van der Waals surface area contributed by atoms with Crippen LogP contribution >= 0.6 is 0 Å². The lowest BCUT2D eigenvalue weighted by Crippen LogP contribution is -2.05. The summed E-state index contributed by atoms with van der Waals surface area (Å²) < 4.78 is 0. The summed E-state index contributed by atoms with van der Waals surface area (Å²) in [6, 6.07) is 1.79. The number of nitro groups is 1. The summed E-state index contributed by atoms with van der Waals surface area (Å²) >= 11 is 0. The molecular formula is C12H13N5O2. The normalized spacial score (nSPS) is 10.2. The van der Waals surface area contributed by atoms with Crippen molar-refractivity contribution < 1.29 is 4.92 Å². The number of pyridine rings is 1. The third-order valence-electron chi connectivity index (χ3n) is 2.60. The molecule has 2 aromatic heterocycles. The van der Waals surface area contributed by atoms with Crippen molar-refractivity contribution in [2.45, 2.75) is 13.8 Å². The maximum atomic E-state index is 11.1. The van der Waals surface area contributed by atoms with Gasteiger partial charge in [-0.1, -0.05) is 0 Å². The monoisotopic (exact) mass is 259 g/mol. The zero-order valence-electron chi connectivity index (χ0n) is 10.6. The van der Waals surface area contributed by atoms with E-state index in [9.17, 15) is 10.1 Å². The smallest absolute Gasteiger partial charge is 0.313 e. The second-order valence-corrected chi connectivity index (χ2v) is 3.91. The Bertz CT molecular complexity index is 615. The van der Waals surface area contributed by atoms with Crippen molar-refractivity contribution in [2.75, 3.05) is 11.9 Å². The van der Waals surface area contributed by atoms with E-state index in [0.29, 0.717) is 18.1 Å². The van der Waals surface area contributed by atoms with Gasteiger partial charge in [0.1, 0.15) is 6.20 Å². The van der Waals surface area contributed by atoms with E-state index in [1.807, 2.05) is 13.8 Å². The van der Waals surface area contributed by atoms with Gasteiger partial charge in [-0.3, -0.25) is 15.1 Å². The van der Waals surface area contributed by atoms with Crippen LogP contribution in [0.5, 0.6) is 0 Å². The fourth-order valence-corrected chi connectivity index (χ4v) is 1.66. The Kier molecular flexibility index (Phi) is 3.65. The molecule has 0 aliphatic heterocycles. The highest BCUT2D eigenvalue weighted by atomic mass is 16.6. The van der Waals surface area contributed by atoms with E-state index in [4.69, 9.17) is 0 Å². The van der Waals surface area contributed by atoms with Crippen LogP contribution in [0.1, 0.15) is 12.5 Å². The highest BCUT2D eigenvalue weighted by Crippen LogP contribution is 2.29. The van der Waals surface area contributed by atoms with Crippen molar-refractivity contribution in [2.24, 2.45) is 0 Å². The van der Waals surface area contributed by atoms with Crippen molar-refractivity contribution in [1.82, 2.24) is 15.0 Å². The molecule has 0 radical (unpaired) electrons. The number of aromatic nitrogens is 3. The Balaban J connectivity index is 2.61. The summed E-state index contributed by atoms with van der Waals surface area (Å²) in [5.74, 6) is 0.367. The predicted molar refractivity (Wildman–Crippen MR) is 70.8 cm³/mol. The Morgan fingerprint density at radius 1 is 1.42 bits per heavy atom. The number of nitrogens with zero attached hydrogens (tertiary/aromatic N) is 4. The molecular weight excluding hydrogens is 246 g/mol. The molecule has 0 bridgehead atoms. The molecule has 0 saturated heterocycles. The number of hydrogen-bond donors (Lipinski definition) is 1. The predicted octanol–water partition coefficient (Wildman–Crippen LogP) is 2.19. The van der Waals surface area contributed by atoms with Crippen LogP contribution < -0.4 is 5.32 Å². The van der Waals surface area contributed by atoms with Crippen LogP contribution in [0.4, 0.5) is 11.6 Å². The van der Waals surface area contributed by atoms with E-state index < -0.39 is 4.92 Å². The Morgan fingerprint density at radius 2 is 2.21 bits per heavy atom. The van der Waals surface area contributed by atoms with Gasteiger partial charge in [0.25, 0.3) is 0 Å². The standard InChI is InChI=1S/C12H13N5O2/c1-3-14-12-15-7-10(17(18)19)11(16-12)9-6-13-5-4-8(9)2/h4-7H,3H2,1-2H3,(H,14,15,16). The third kappa shape index (κ3) is 2.65. The largest absolute Gasteiger partial charge is 0.354 e. The molecule has 0 aliphatic rings. The second kappa shape index (κ2) is 5.38. The van der Waals surface area contributed by atoms with Crippen molar-refractivity contribution in [3.63, 3.8) is 0 Å². The Hall–Kier alpha value is -2.57. The van der Waals surface area contributed by atoms with E-state index in [1.54, 1.807) is 18.5 Å². The van der Waals surface area contributed by atoms with E-state index >= 15 is 0 Å². The first-order valence-corrected chi connectivity index (χ1v) is 5.79. The number of anilines is 1. The highest BCUT2D eigenvalue weighted by Gasteiger charge is 2.20. The van der Waals surface area contributed by atoms with Gasteiger partial charge < -0.3 is 5.32 Å². The van der Waals surface area contributed by atoms with Gasteiger partial charge in [-0.2, -0.15) is 0 Å². The van der Waals surface area contributed by atoms with Gasteiger partial charge >= 0.3 is 5.69 Å². The summed E-state index contributed by atoms with van der Waals surface area (Å²) in [5.41, 5.74) is 1.66. The van der Waals surface area contributed by atoms with Gasteiger partial charge in [0.05, 0.1) is 4.92 Å². The zero-order valence-corrected chi connectivity index (χ0v) is 10.6. The first kappa shape index (κ1) is 12.9. The van der Waals surface area contributed by atoms with E-state index in [-0.39, 0.29) is 11.4 Å². The van der Waals surface area contributed by atoms with Crippen molar-refractivity contribution in [3.8, 4) is 11.3 Å². The number of nitrogens with one attached hydrogen (secondary N) is 1. The summed E-state index contributed by atoms with van der Waals surface area (Å²) in [6.45, 7) is 4.40. The minimum atomic E-state index is -0.489. The molecule has 2 rings (SSSR count). The van der Waals surface area contributed by atoms with Gasteiger partial charge in [-0.15, -0.1) is 0 Å². The van der Waals surface area contributed by atoms with Gasteiger partial charge in [0.15, 0.2) is 5.69 Å². The lowest BCUT2D eigenvalue weighted by molar-refractivity contribution is -0.384. The highest BCUT2D eigenvalue weighted by molar-refractivity contribution is 5.71. The Morgan fingerprint density at radius 3 is 2.84 bits per heavy atom. The molecule has 0 atom stereocenters. The molecule has 0 aliphatic carbocycles. The molecule has 0 fully saturated rings. The van der Waals surface area contributed by atoms with Crippen LogP contribution in [0.3, 0.4) is 0 Å². The average Bonchev–Trinajstić information content (AvgIpc) is 2.39. The lowest BCUT2D eigenvalue weighted by Gasteiger charge is -2.07. The molecule has 2 heterocycles. The molecule has 7 heteroatoms. The SMILES string of the molecule is CCNc1ncc([N+](=O)[O-])c(-c2cnccc2C)n1. The molecule has 19 heavy (non-hydrogen) atoms. The molecule has 7 nitrogen and oxygen atoms in total. The average molecular weight is 259 g/mol. The van der Waals surface area contributed by atoms with Crippen LogP contribution in [0.15, 0.2) is 24.7 Å². The minimum Gasteiger partial charge on any atom is -0.354 e. The first-order valence-electron chi connectivity index (χ1n) is 5.79. The van der Waals surface area contributed by atoms with E-state index in [1.165, 1.54) is 6.20 Å². The van der Waals surface area contributed by atoms with Crippen molar-refractivity contribution >= 4 is 11.6 Å². The third-order valence-corrected chi connectivity index (χ3v) is 2.60. The summed E-state index contributed by atoms with van der Waals surface area (Å²) in [5, 5.41) is 14.0. The van der Waals surface area contributed by atoms with E-state index in [0.717, 1.165) is 5.56 Å². The molecule has 2 aromatic rings. The molecule has 1 N–H and O–H groups in total. The van der Waals surface area contributed by atoms with E-state index in [2.05, 4.69) is 20.3 Å². The number of hydrogen-bond acceptors (Lipinski definition) is 6. The van der Waals surface area contributed by atoms with Crippen LogP contribution in [0, 0.1) is 17.0 Å². The zero-order chi connectivity index (χ0) is 13.8. The topological polar surface area (TPSA) is 93.8 Å². The maximum absolute atomic E-state index is 11.1. The van der Waals surface area contributed by atoms with Gasteiger partial charge in [0, 0.05) is 24.5 Å². The summed E-state index contributed by atoms with van der Waals surface area (Å²) in [4.78, 5) is 22.7. The van der Waals surface area contributed by atoms with Crippen LogP contribution in [-0.4, -0.2) is 26.4 Å². The molecule has 98 valence electrons. The minimum absolute atomic E-state index is 0.127. The summed E-state index contributed by atoms with van der Waals surface area (Å²) in [6.07, 6.45) is 4.42. The Labute approximate surface area is 109 Å². The quantitative estimate of drug-likeness (QED) is 0.668. The molecule has 0 spiro atoms. The lowest BCUT2D eigenvalue weighted by atomic mass is 10.1. The molecule has 0 aromatic carbocycles. The fourth-order valence-electron chi connectivity index (χ4n) is 1.66. The van der Waals surface area contributed by atoms with Crippen molar-refractivity contribution in [1.29, 1.82) is 0 Å². The molecule has 0 saturated carbocycles. The summed E-state index contributed by atoms with van der Waals surface area (Å²) in [7, 11) is 0. The van der Waals surface area contributed by atoms with Gasteiger partial charge in [0.2, 0.25) is 5.95 Å². The van der Waals surface area contributed by atoms with Crippen LogP contribution in [0.2, 0.25) is 0 Å².